The van der Waals surface area contributed by atoms with Crippen LogP contribution in [0.4, 0.5) is 5.82 Å². The first-order valence-corrected chi connectivity index (χ1v) is 12.6. The third kappa shape index (κ3) is 3.32. The Balaban J connectivity index is 1.66. The highest BCUT2D eigenvalue weighted by Gasteiger charge is 2.29. The summed E-state index contributed by atoms with van der Waals surface area (Å²) < 4.78 is 23.8. The van der Waals surface area contributed by atoms with Crippen LogP contribution in [0.2, 0.25) is 0 Å². The molecule has 4 heterocycles. The molecular formula is C20H17N3O2S3. The van der Waals surface area contributed by atoms with E-state index in [4.69, 9.17) is 9.97 Å². The largest absolute Gasteiger partial charge is 0.366 e. The molecule has 1 saturated heterocycles. The van der Waals surface area contributed by atoms with Crippen molar-refractivity contribution in [1.29, 1.82) is 0 Å². The zero-order valence-electron chi connectivity index (χ0n) is 14.8. The van der Waals surface area contributed by atoms with Crippen LogP contribution in [-0.4, -0.2) is 35.9 Å². The highest BCUT2D eigenvalue weighted by atomic mass is 32.2. The molecule has 8 heteroatoms. The van der Waals surface area contributed by atoms with Gasteiger partial charge in [0.15, 0.2) is 15.7 Å². The molecule has 5 nitrogen and oxygen atoms in total. The number of anilines is 1. The molecule has 0 aliphatic carbocycles. The van der Waals surface area contributed by atoms with Crippen molar-refractivity contribution in [2.24, 2.45) is 0 Å². The van der Waals surface area contributed by atoms with Crippen LogP contribution in [-0.2, 0) is 9.84 Å². The second-order valence-corrected chi connectivity index (χ2v) is 10.7. The molecule has 0 amide bonds. The van der Waals surface area contributed by atoms with Gasteiger partial charge in [-0.3, -0.25) is 0 Å². The van der Waals surface area contributed by atoms with Crippen LogP contribution in [0.3, 0.4) is 0 Å². The van der Waals surface area contributed by atoms with E-state index in [9.17, 15) is 8.42 Å². The molecule has 1 aromatic carbocycles. The number of benzene rings is 1. The van der Waals surface area contributed by atoms with Crippen molar-refractivity contribution in [2.75, 3.05) is 16.8 Å². The number of hydrogen-bond donors (Lipinski definition) is 1. The lowest BCUT2D eigenvalue weighted by Crippen LogP contribution is -2.21. The number of hydrogen-bond acceptors (Lipinski definition) is 7. The summed E-state index contributed by atoms with van der Waals surface area (Å²) >= 11 is 3.19. The molecule has 1 unspecified atom stereocenters. The fraction of sp³-hybridized carbons (Fsp3) is 0.200. The molecule has 142 valence electrons. The first-order valence-electron chi connectivity index (χ1n) is 8.93. The summed E-state index contributed by atoms with van der Waals surface area (Å²) in [5.41, 5.74) is 3.15. The summed E-state index contributed by atoms with van der Waals surface area (Å²) in [4.78, 5) is 10.5. The molecule has 0 radical (unpaired) electrons. The Kier molecular flexibility index (Phi) is 4.41. The Morgan fingerprint density at radius 3 is 2.61 bits per heavy atom. The molecule has 1 aliphatic rings. The van der Waals surface area contributed by atoms with Crippen molar-refractivity contribution in [3.8, 4) is 22.5 Å². The van der Waals surface area contributed by atoms with Crippen molar-refractivity contribution in [1.82, 2.24) is 9.97 Å². The lowest BCUT2D eigenvalue weighted by atomic mass is 10.1. The normalized spacial score (nSPS) is 18.5. The Hall–Kier alpha value is -2.29. The minimum absolute atomic E-state index is 0.123. The van der Waals surface area contributed by atoms with Gasteiger partial charge in [0.2, 0.25) is 0 Å². The van der Waals surface area contributed by atoms with Crippen molar-refractivity contribution < 1.29 is 8.42 Å². The minimum atomic E-state index is -2.97. The maximum atomic E-state index is 11.9. The third-order valence-corrected chi connectivity index (χ3v) is 8.19. The summed E-state index contributed by atoms with van der Waals surface area (Å²) in [6, 6.07) is 12.0. The monoisotopic (exact) mass is 427 g/mol. The van der Waals surface area contributed by atoms with E-state index in [2.05, 4.69) is 22.8 Å². The molecule has 5 rings (SSSR count). The molecule has 3 aromatic heterocycles. The average Bonchev–Trinajstić information content (AvgIpc) is 3.42. The average molecular weight is 428 g/mol. The van der Waals surface area contributed by atoms with Crippen LogP contribution in [0.1, 0.15) is 6.42 Å². The van der Waals surface area contributed by atoms with Crippen molar-refractivity contribution >= 4 is 48.5 Å². The van der Waals surface area contributed by atoms with Gasteiger partial charge in [0.05, 0.1) is 16.9 Å². The molecular weight excluding hydrogens is 410 g/mol. The lowest BCUT2D eigenvalue weighted by molar-refractivity contribution is 0.602. The van der Waals surface area contributed by atoms with E-state index in [0.717, 1.165) is 26.9 Å². The van der Waals surface area contributed by atoms with Crippen LogP contribution in [0.5, 0.6) is 0 Å². The SMILES string of the molecule is O=S1(=O)CCC(Nc2nc(-c3ccsc3)nc3scc(-c4ccccc4)c23)C1. The predicted molar refractivity (Wildman–Crippen MR) is 117 cm³/mol. The molecule has 4 aromatic rings. The summed E-state index contributed by atoms with van der Waals surface area (Å²) in [5.74, 6) is 1.76. The van der Waals surface area contributed by atoms with Crippen molar-refractivity contribution in [2.45, 2.75) is 12.5 Å². The summed E-state index contributed by atoms with van der Waals surface area (Å²) in [7, 11) is -2.97. The molecule has 1 fully saturated rings. The van der Waals surface area contributed by atoms with E-state index >= 15 is 0 Å². The molecule has 1 atom stereocenters. The Morgan fingerprint density at radius 1 is 1.04 bits per heavy atom. The van der Waals surface area contributed by atoms with E-state index in [-0.39, 0.29) is 17.5 Å². The second-order valence-electron chi connectivity index (χ2n) is 6.85. The van der Waals surface area contributed by atoms with E-state index < -0.39 is 9.84 Å². The van der Waals surface area contributed by atoms with Crippen LogP contribution in [0, 0.1) is 0 Å². The molecule has 1 aliphatic heterocycles. The molecule has 1 N–H and O–H groups in total. The zero-order valence-corrected chi connectivity index (χ0v) is 17.3. The number of nitrogens with zero attached hydrogens (tertiary/aromatic N) is 2. The quantitative estimate of drug-likeness (QED) is 0.512. The van der Waals surface area contributed by atoms with Gasteiger partial charge in [-0.15, -0.1) is 11.3 Å². The van der Waals surface area contributed by atoms with Crippen molar-refractivity contribution in [3.63, 3.8) is 0 Å². The maximum absolute atomic E-state index is 11.9. The minimum Gasteiger partial charge on any atom is -0.366 e. The molecule has 0 saturated carbocycles. The first-order chi connectivity index (χ1) is 13.6. The zero-order chi connectivity index (χ0) is 19.1. The predicted octanol–water partition coefficient (Wildman–Crippen LogP) is 4.69. The summed E-state index contributed by atoms with van der Waals surface area (Å²) in [6.45, 7) is 0. The number of nitrogens with one attached hydrogen (secondary N) is 1. The molecule has 28 heavy (non-hydrogen) atoms. The van der Waals surface area contributed by atoms with Gasteiger partial charge in [-0.2, -0.15) is 11.3 Å². The Morgan fingerprint density at radius 2 is 1.89 bits per heavy atom. The second kappa shape index (κ2) is 6.95. The maximum Gasteiger partial charge on any atom is 0.163 e. The Labute approximate surface area is 171 Å². The van der Waals surface area contributed by atoms with E-state index in [1.54, 1.807) is 22.7 Å². The van der Waals surface area contributed by atoms with Crippen LogP contribution in [0.25, 0.3) is 32.7 Å². The molecule has 0 spiro atoms. The number of sulfone groups is 1. The van der Waals surface area contributed by atoms with Crippen molar-refractivity contribution in [3.05, 3.63) is 52.5 Å². The first kappa shape index (κ1) is 17.8. The number of fused-ring (bicyclic) bond motifs is 1. The van der Waals surface area contributed by atoms with Crippen LogP contribution < -0.4 is 5.32 Å². The van der Waals surface area contributed by atoms with Gasteiger partial charge < -0.3 is 5.32 Å². The highest BCUT2D eigenvalue weighted by Crippen LogP contribution is 2.39. The number of thiophene rings is 2. The van der Waals surface area contributed by atoms with E-state index in [1.165, 1.54) is 0 Å². The third-order valence-electron chi connectivity index (χ3n) is 4.87. The van der Waals surface area contributed by atoms with E-state index in [0.29, 0.717) is 18.1 Å². The van der Waals surface area contributed by atoms with Gasteiger partial charge in [-0.1, -0.05) is 30.3 Å². The number of rotatable bonds is 4. The van der Waals surface area contributed by atoms with Gasteiger partial charge in [-0.25, -0.2) is 18.4 Å². The standard InChI is InChI=1S/C20H17N3O2S3/c24-28(25)9-7-15(12-28)21-19-17-16(13-4-2-1-3-5-13)11-27-20(17)23-18(22-19)14-6-8-26-10-14/h1-6,8,10-11,15H,7,9,12H2,(H,21,22,23). The summed E-state index contributed by atoms with van der Waals surface area (Å²) in [5, 5.41) is 10.5. The van der Waals surface area contributed by atoms with Crippen LogP contribution >= 0.6 is 22.7 Å². The van der Waals surface area contributed by atoms with Crippen LogP contribution in [0.15, 0.2) is 52.5 Å². The highest BCUT2D eigenvalue weighted by molar-refractivity contribution is 7.91. The fourth-order valence-corrected chi connectivity index (χ4v) is 6.75. The van der Waals surface area contributed by atoms with Gasteiger partial charge in [-0.05, 0) is 23.4 Å². The Bertz CT molecular complexity index is 1230. The fourth-order valence-electron chi connectivity index (χ4n) is 3.50. The van der Waals surface area contributed by atoms with E-state index in [1.807, 2.05) is 35.0 Å². The lowest BCUT2D eigenvalue weighted by Gasteiger charge is -2.14. The van der Waals surface area contributed by atoms with Gasteiger partial charge in [0.1, 0.15) is 10.6 Å². The van der Waals surface area contributed by atoms with Gasteiger partial charge in [0, 0.05) is 27.9 Å². The van der Waals surface area contributed by atoms with Gasteiger partial charge >= 0.3 is 0 Å². The van der Waals surface area contributed by atoms with Gasteiger partial charge in [0.25, 0.3) is 0 Å². The molecule has 0 bridgehead atoms. The number of aromatic nitrogens is 2. The summed E-state index contributed by atoms with van der Waals surface area (Å²) in [6.07, 6.45) is 0.604. The topological polar surface area (TPSA) is 72.0 Å². The smallest absolute Gasteiger partial charge is 0.163 e.